The fourth-order valence-electron chi connectivity index (χ4n) is 2.85. The first-order valence-corrected chi connectivity index (χ1v) is 7.27. The highest BCUT2D eigenvalue weighted by molar-refractivity contribution is 5.76. The number of fused-ring (bicyclic) bond motifs is 1. The van der Waals surface area contributed by atoms with E-state index in [1.807, 2.05) is 12.3 Å². The van der Waals surface area contributed by atoms with Crippen LogP contribution in [0.15, 0.2) is 36.7 Å². The van der Waals surface area contributed by atoms with Crippen LogP contribution in [0.5, 0.6) is 0 Å². The number of carbonyl (C=O) groups excluding carboxylic acids is 1. The van der Waals surface area contributed by atoms with Crippen molar-refractivity contribution in [2.24, 2.45) is 0 Å². The maximum atomic E-state index is 13.3. The number of amides is 1. The van der Waals surface area contributed by atoms with Crippen molar-refractivity contribution in [1.29, 1.82) is 0 Å². The van der Waals surface area contributed by atoms with Gasteiger partial charge in [0, 0.05) is 25.4 Å². The first kappa shape index (κ1) is 13.8. The van der Waals surface area contributed by atoms with Crippen molar-refractivity contribution in [3.8, 4) is 0 Å². The van der Waals surface area contributed by atoms with Crippen LogP contribution in [0.3, 0.4) is 0 Å². The molecule has 1 amide bonds. The van der Waals surface area contributed by atoms with E-state index in [1.54, 1.807) is 23.0 Å². The highest BCUT2D eigenvalue weighted by Crippen LogP contribution is 2.30. The maximum absolute atomic E-state index is 13.3. The standard InChI is InChI=1S/C16H18FN3O/c17-13-5-6-14-12(11-13)3-1-4-15(14)19-16(21)7-10-20-9-2-8-18-20/h2,5-6,8-9,11,15H,1,3-4,7,10H2,(H,19,21)/t15-/m1/s1. The van der Waals surface area contributed by atoms with Gasteiger partial charge in [-0.25, -0.2) is 4.39 Å². The molecule has 1 N–H and O–H groups in total. The monoisotopic (exact) mass is 287 g/mol. The molecule has 110 valence electrons. The number of carbonyl (C=O) groups is 1. The van der Waals surface area contributed by atoms with E-state index in [0.717, 1.165) is 30.4 Å². The molecule has 1 atom stereocenters. The van der Waals surface area contributed by atoms with Crippen molar-refractivity contribution in [1.82, 2.24) is 15.1 Å². The largest absolute Gasteiger partial charge is 0.349 e. The zero-order valence-corrected chi connectivity index (χ0v) is 11.8. The lowest BCUT2D eigenvalue weighted by Crippen LogP contribution is -2.31. The van der Waals surface area contributed by atoms with Crippen molar-refractivity contribution >= 4 is 5.91 Å². The topological polar surface area (TPSA) is 46.9 Å². The number of halogens is 1. The summed E-state index contributed by atoms with van der Waals surface area (Å²) in [4.78, 5) is 12.1. The smallest absolute Gasteiger partial charge is 0.222 e. The number of rotatable bonds is 4. The summed E-state index contributed by atoms with van der Waals surface area (Å²) in [5.74, 6) is -0.202. The van der Waals surface area contributed by atoms with Crippen LogP contribution in [0.1, 0.15) is 36.4 Å². The predicted octanol–water partition coefficient (Wildman–Crippen LogP) is 2.61. The lowest BCUT2D eigenvalue weighted by atomic mass is 9.87. The van der Waals surface area contributed by atoms with Crippen molar-refractivity contribution in [2.75, 3.05) is 0 Å². The van der Waals surface area contributed by atoms with E-state index >= 15 is 0 Å². The number of nitrogens with one attached hydrogen (secondary N) is 1. The average Bonchev–Trinajstić information content (AvgIpc) is 2.98. The van der Waals surface area contributed by atoms with Gasteiger partial charge in [0.15, 0.2) is 0 Å². The summed E-state index contributed by atoms with van der Waals surface area (Å²) in [6.45, 7) is 0.571. The van der Waals surface area contributed by atoms with E-state index in [-0.39, 0.29) is 17.8 Å². The lowest BCUT2D eigenvalue weighted by Gasteiger charge is -2.26. The number of aryl methyl sites for hydroxylation is 2. The van der Waals surface area contributed by atoms with Gasteiger partial charge in [-0.2, -0.15) is 5.10 Å². The molecule has 0 radical (unpaired) electrons. The minimum absolute atomic E-state index is 0.000489. The summed E-state index contributed by atoms with van der Waals surface area (Å²) in [7, 11) is 0. The van der Waals surface area contributed by atoms with E-state index in [2.05, 4.69) is 10.4 Å². The van der Waals surface area contributed by atoms with Crippen LogP contribution in [0.25, 0.3) is 0 Å². The molecule has 3 rings (SSSR count). The molecule has 0 unspecified atom stereocenters. The molecule has 0 bridgehead atoms. The summed E-state index contributed by atoms with van der Waals surface area (Å²) < 4.78 is 15.0. The van der Waals surface area contributed by atoms with Gasteiger partial charge in [-0.3, -0.25) is 9.48 Å². The molecular formula is C16H18FN3O. The molecule has 0 aliphatic heterocycles. The van der Waals surface area contributed by atoms with Crippen LogP contribution in [0.2, 0.25) is 0 Å². The van der Waals surface area contributed by atoms with Crippen molar-refractivity contribution in [3.05, 3.63) is 53.6 Å². The summed E-state index contributed by atoms with van der Waals surface area (Å²) in [5, 5.41) is 7.13. The van der Waals surface area contributed by atoms with Crippen LogP contribution in [0, 0.1) is 5.82 Å². The molecule has 0 fully saturated rings. The van der Waals surface area contributed by atoms with E-state index in [0.29, 0.717) is 13.0 Å². The molecule has 1 aromatic heterocycles. The number of hydrogen-bond donors (Lipinski definition) is 1. The summed E-state index contributed by atoms with van der Waals surface area (Å²) in [6, 6.07) is 6.68. The second kappa shape index (κ2) is 6.08. The molecule has 0 saturated carbocycles. The Morgan fingerprint density at radius 1 is 1.48 bits per heavy atom. The SMILES string of the molecule is O=C(CCn1cccn1)N[C@@H]1CCCc2cc(F)ccc21. The number of hydrogen-bond acceptors (Lipinski definition) is 2. The van der Waals surface area contributed by atoms with Crippen molar-refractivity contribution < 1.29 is 9.18 Å². The Kier molecular flexibility index (Phi) is 3.99. The van der Waals surface area contributed by atoms with Crippen LogP contribution in [-0.4, -0.2) is 15.7 Å². The van der Waals surface area contributed by atoms with E-state index < -0.39 is 0 Å². The molecule has 1 aliphatic rings. The second-order valence-corrected chi connectivity index (χ2v) is 5.37. The van der Waals surface area contributed by atoms with Gasteiger partial charge in [-0.1, -0.05) is 6.07 Å². The van der Waals surface area contributed by atoms with Gasteiger partial charge in [0.25, 0.3) is 0 Å². The summed E-state index contributed by atoms with van der Waals surface area (Å²) >= 11 is 0. The zero-order chi connectivity index (χ0) is 14.7. The predicted molar refractivity (Wildman–Crippen MR) is 77.1 cm³/mol. The molecule has 1 aromatic carbocycles. The van der Waals surface area contributed by atoms with Crippen molar-refractivity contribution in [3.63, 3.8) is 0 Å². The number of benzene rings is 1. The first-order chi connectivity index (χ1) is 10.2. The summed E-state index contributed by atoms with van der Waals surface area (Å²) in [5.41, 5.74) is 2.06. The molecule has 2 aromatic rings. The maximum Gasteiger partial charge on any atom is 0.222 e. The lowest BCUT2D eigenvalue weighted by molar-refractivity contribution is -0.122. The van der Waals surface area contributed by atoms with Crippen LogP contribution in [0.4, 0.5) is 4.39 Å². The zero-order valence-electron chi connectivity index (χ0n) is 11.8. The minimum atomic E-state index is -0.209. The van der Waals surface area contributed by atoms with Crippen molar-refractivity contribution in [2.45, 2.75) is 38.3 Å². The van der Waals surface area contributed by atoms with Gasteiger partial charge in [0.1, 0.15) is 5.82 Å². The fourth-order valence-corrected chi connectivity index (χ4v) is 2.85. The first-order valence-electron chi connectivity index (χ1n) is 7.27. The Labute approximate surface area is 123 Å². The number of aromatic nitrogens is 2. The van der Waals surface area contributed by atoms with Gasteiger partial charge in [0.2, 0.25) is 5.91 Å². The Morgan fingerprint density at radius 3 is 3.19 bits per heavy atom. The quantitative estimate of drug-likeness (QED) is 0.939. The Hall–Kier alpha value is -2.17. The van der Waals surface area contributed by atoms with E-state index in [1.165, 1.54) is 6.07 Å². The van der Waals surface area contributed by atoms with Gasteiger partial charge in [-0.05, 0) is 48.6 Å². The molecule has 1 aliphatic carbocycles. The molecule has 1 heterocycles. The van der Waals surface area contributed by atoms with E-state index in [9.17, 15) is 9.18 Å². The third-order valence-corrected chi connectivity index (χ3v) is 3.88. The summed E-state index contributed by atoms with van der Waals surface area (Å²) in [6.07, 6.45) is 6.70. The third kappa shape index (κ3) is 3.29. The van der Waals surface area contributed by atoms with Gasteiger partial charge < -0.3 is 5.32 Å². The normalized spacial score (nSPS) is 17.3. The third-order valence-electron chi connectivity index (χ3n) is 3.88. The molecule has 0 saturated heterocycles. The molecular weight excluding hydrogens is 269 g/mol. The van der Waals surface area contributed by atoms with Gasteiger partial charge in [0.05, 0.1) is 6.04 Å². The average molecular weight is 287 g/mol. The second-order valence-electron chi connectivity index (χ2n) is 5.37. The molecule has 0 spiro atoms. The van der Waals surface area contributed by atoms with E-state index in [4.69, 9.17) is 0 Å². The Bertz CT molecular complexity index is 624. The Balaban J connectivity index is 1.62. The van der Waals surface area contributed by atoms with Crippen LogP contribution in [-0.2, 0) is 17.8 Å². The van der Waals surface area contributed by atoms with Gasteiger partial charge in [-0.15, -0.1) is 0 Å². The van der Waals surface area contributed by atoms with Crippen LogP contribution < -0.4 is 5.32 Å². The molecule has 4 nitrogen and oxygen atoms in total. The molecule has 21 heavy (non-hydrogen) atoms. The van der Waals surface area contributed by atoms with Gasteiger partial charge >= 0.3 is 0 Å². The van der Waals surface area contributed by atoms with Crippen LogP contribution >= 0.6 is 0 Å². The Morgan fingerprint density at radius 2 is 2.38 bits per heavy atom. The number of nitrogens with zero attached hydrogens (tertiary/aromatic N) is 2. The minimum Gasteiger partial charge on any atom is -0.349 e. The highest BCUT2D eigenvalue weighted by atomic mass is 19.1. The molecule has 5 heteroatoms. The fraction of sp³-hybridized carbons (Fsp3) is 0.375. The highest BCUT2D eigenvalue weighted by Gasteiger charge is 2.21.